The van der Waals surface area contributed by atoms with E-state index in [1.807, 2.05) is 0 Å². The van der Waals surface area contributed by atoms with Crippen LogP contribution in [-0.4, -0.2) is 30.7 Å². The lowest BCUT2D eigenvalue weighted by atomic mass is 9.82. The zero-order valence-electron chi connectivity index (χ0n) is 8.33. The van der Waals surface area contributed by atoms with E-state index in [0.29, 0.717) is 0 Å². The van der Waals surface area contributed by atoms with Crippen molar-refractivity contribution in [1.29, 1.82) is 0 Å². The molecule has 0 aromatic carbocycles. The molecule has 0 amide bonds. The lowest BCUT2D eigenvalue weighted by Crippen LogP contribution is -2.35. The average Bonchev–Trinajstić information content (AvgIpc) is 2.45. The van der Waals surface area contributed by atoms with Gasteiger partial charge in [0.05, 0.1) is 7.11 Å². The lowest BCUT2D eigenvalue weighted by Gasteiger charge is -2.19. The Labute approximate surface area is 82.5 Å². The van der Waals surface area contributed by atoms with E-state index in [2.05, 4.69) is 9.84 Å². The van der Waals surface area contributed by atoms with Gasteiger partial charge in [0.1, 0.15) is 13.5 Å². The first kappa shape index (κ1) is 10.6. The Hall–Kier alpha value is -1.46. The molecule has 0 saturated heterocycles. The Kier molecular flexibility index (Phi) is 2.55. The number of carbonyl (C=O) groups is 1. The Morgan fingerprint density at radius 2 is 2.21 bits per heavy atom. The molecule has 6 heteroatoms. The monoisotopic (exact) mass is 194 g/mol. The second-order valence-corrected chi connectivity index (χ2v) is 3.49. The van der Waals surface area contributed by atoms with Crippen molar-refractivity contribution in [3.8, 4) is 0 Å². The van der Waals surface area contributed by atoms with Gasteiger partial charge in [0.25, 0.3) is 5.56 Å². The van der Waals surface area contributed by atoms with Crippen molar-refractivity contribution >= 4 is 13.8 Å². The van der Waals surface area contributed by atoms with Crippen LogP contribution in [0.4, 0.5) is 0 Å². The van der Waals surface area contributed by atoms with Gasteiger partial charge in [-0.2, -0.15) is 0 Å². The second kappa shape index (κ2) is 3.36. The van der Waals surface area contributed by atoms with Crippen LogP contribution < -0.4 is 5.56 Å². The predicted molar refractivity (Wildman–Crippen MR) is 51.5 cm³/mol. The highest BCUT2D eigenvalue weighted by Crippen LogP contribution is 2.05. The number of ether oxygens (including phenoxy) is 1. The third-order valence-electron chi connectivity index (χ3n) is 1.70. The molecule has 1 N–H and O–H groups in total. The van der Waals surface area contributed by atoms with Crippen molar-refractivity contribution in [2.75, 3.05) is 7.11 Å². The van der Waals surface area contributed by atoms with Crippen molar-refractivity contribution in [3.63, 3.8) is 0 Å². The minimum Gasteiger partial charge on any atom is -0.464 e. The van der Waals surface area contributed by atoms with Crippen LogP contribution in [0, 0.1) is 0 Å². The van der Waals surface area contributed by atoms with Crippen LogP contribution in [-0.2, 0) is 10.2 Å². The summed E-state index contributed by atoms with van der Waals surface area (Å²) in [6.45, 7) is 3.29. The van der Waals surface area contributed by atoms with Crippen molar-refractivity contribution in [3.05, 3.63) is 22.1 Å². The molecule has 0 aliphatic carbocycles. The Balaban J connectivity index is 3.19. The van der Waals surface area contributed by atoms with Crippen LogP contribution in [0.5, 0.6) is 0 Å². The fourth-order valence-electron chi connectivity index (χ4n) is 1.04. The molecule has 0 fully saturated rings. The molecule has 5 nitrogen and oxygen atoms in total. The van der Waals surface area contributed by atoms with Crippen LogP contribution in [0.15, 0.2) is 10.9 Å². The first-order valence-electron chi connectivity index (χ1n) is 4.06. The molecule has 14 heavy (non-hydrogen) atoms. The highest BCUT2D eigenvalue weighted by Gasteiger charge is 2.19. The molecule has 74 valence electrons. The minimum absolute atomic E-state index is 0.0935. The van der Waals surface area contributed by atoms with Gasteiger partial charge in [-0.25, -0.2) is 4.79 Å². The van der Waals surface area contributed by atoms with Crippen LogP contribution >= 0.6 is 0 Å². The van der Waals surface area contributed by atoms with Gasteiger partial charge in [-0.3, -0.25) is 14.6 Å². The molecule has 0 saturated carbocycles. The number of hydrogen-bond acceptors (Lipinski definition) is 3. The zero-order chi connectivity index (χ0) is 10.9. The van der Waals surface area contributed by atoms with Crippen LogP contribution in [0.2, 0.25) is 0 Å². The van der Waals surface area contributed by atoms with Crippen LogP contribution in [0.25, 0.3) is 0 Å². The summed E-state index contributed by atoms with van der Waals surface area (Å²) in [5.41, 5.74) is -1.14. The normalized spacial score (nSPS) is 11.4. The van der Waals surface area contributed by atoms with E-state index in [-0.39, 0.29) is 11.3 Å². The molecule has 1 aromatic heterocycles. The maximum absolute atomic E-state index is 11.4. The smallest absolute Gasteiger partial charge is 0.356 e. The number of H-pyrrole nitrogens is 1. The zero-order valence-corrected chi connectivity index (χ0v) is 8.33. The van der Waals surface area contributed by atoms with E-state index in [4.69, 9.17) is 7.85 Å². The standard InChI is InChI=1S/C8H11BN2O3/c1-8(2,9)11-6(12)4-5(10-11)7(13)14-3/h4,10H,1-3H3. The van der Waals surface area contributed by atoms with Gasteiger partial charge in [0.2, 0.25) is 0 Å². The van der Waals surface area contributed by atoms with E-state index in [9.17, 15) is 9.59 Å². The number of methoxy groups -OCH3 is 1. The number of hydrogen-bond donors (Lipinski definition) is 1. The summed E-state index contributed by atoms with van der Waals surface area (Å²) < 4.78 is 5.62. The summed E-state index contributed by atoms with van der Waals surface area (Å²) in [6.07, 6.45) is 0. The number of carbonyl (C=O) groups excluding carboxylic acids is 1. The van der Waals surface area contributed by atoms with Gasteiger partial charge in [-0.05, 0) is 13.8 Å². The Morgan fingerprint density at radius 3 is 2.57 bits per heavy atom. The van der Waals surface area contributed by atoms with E-state index >= 15 is 0 Å². The third-order valence-corrected chi connectivity index (χ3v) is 1.70. The number of nitrogens with zero attached hydrogens (tertiary/aromatic N) is 1. The van der Waals surface area contributed by atoms with E-state index in [1.54, 1.807) is 13.8 Å². The van der Waals surface area contributed by atoms with E-state index in [1.165, 1.54) is 11.8 Å². The first-order valence-corrected chi connectivity index (χ1v) is 4.06. The minimum atomic E-state index is -0.872. The van der Waals surface area contributed by atoms with E-state index < -0.39 is 11.4 Å². The average molecular weight is 194 g/mol. The lowest BCUT2D eigenvalue weighted by molar-refractivity contribution is 0.0592. The van der Waals surface area contributed by atoms with Gasteiger partial charge >= 0.3 is 5.97 Å². The molecule has 2 radical (unpaired) electrons. The van der Waals surface area contributed by atoms with Gasteiger partial charge in [0, 0.05) is 11.5 Å². The summed E-state index contributed by atoms with van der Waals surface area (Å²) in [5, 5.41) is 2.58. The van der Waals surface area contributed by atoms with Crippen molar-refractivity contribution in [2.45, 2.75) is 19.3 Å². The quantitative estimate of drug-likeness (QED) is 0.524. The number of nitrogens with one attached hydrogen (secondary N) is 1. The summed E-state index contributed by atoms with van der Waals surface area (Å²) in [7, 11) is 6.93. The molecular formula is C8H11BN2O3. The topological polar surface area (TPSA) is 64.1 Å². The van der Waals surface area contributed by atoms with Gasteiger partial charge in [0.15, 0.2) is 0 Å². The molecule has 0 spiro atoms. The fraction of sp³-hybridized carbons (Fsp3) is 0.500. The maximum atomic E-state index is 11.4. The Morgan fingerprint density at radius 1 is 1.64 bits per heavy atom. The maximum Gasteiger partial charge on any atom is 0.356 e. The number of aromatic amines is 1. The van der Waals surface area contributed by atoms with Crippen molar-refractivity contribution in [1.82, 2.24) is 9.78 Å². The van der Waals surface area contributed by atoms with Crippen LogP contribution in [0.3, 0.4) is 0 Å². The van der Waals surface area contributed by atoms with Crippen molar-refractivity contribution < 1.29 is 9.53 Å². The summed E-state index contributed by atoms with van der Waals surface area (Å²) in [5.74, 6) is -0.592. The molecular weight excluding hydrogens is 183 g/mol. The van der Waals surface area contributed by atoms with Gasteiger partial charge < -0.3 is 4.74 Å². The van der Waals surface area contributed by atoms with Gasteiger partial charge in [-0.1, -0.05) is 0 Å². The largest absolute Gasteiger partial charge is 0.464 e. The first-order chi connectivity index (χ1) is 6.36. The number of rotatable bonds is 2. The summed E-state index contributed by atoms with van der Waals surface area (Å²) in [6, 6.07) is 1.15. The molecule has 0 aliphatic heterocycles. The molecule has 1 aromatic rings. The van der Waals surface area contributed by atoms with Crippen molar-refractivity contribution in [2.24, 2.45) is 0 Å². The number of aromatic nitrogens is 2. The third kappa shape index (κ3) is 1.89. The summed E-state index contributed by atoms with van der Waals surface area (Å²) in [4.78, 5) is 22.4. The Bertz CT molecular complexity index is 399. The molecule has 0 unspecified atom stereocenters. The van der Waals surface area contributed by atoms with Gasteiger partial charge in [-0.15, -0.1) is 0 Å². The molecule has 0 atom stereocenters. The summed E-state index contributed by atoms with van der Waals surface area (Å²) >= 11 is 0. The SMILES string of the molecule is [B]C(C)(C)n1[nH]c(C(=O)OC)cc1=O. The number of esters is 1. The van der Waals surface area contributed by atoms with Crippen LogP contribution in [0.1, 0.15) is 24.3 Å². The molecule has 1 heterocycles. The second-order valence-electron chi connectivity index (χ2n) is 3.49. The predicted octanol–water partition coefficient (Wildman–Crippen LogP) is -0.176. The molecule has 1 rings (SSSR count). The highest BCUT2D eigenvalue weighted by atomic mass is 16.5. The highest BCUT2D eigenvalue weighted by molar-refractivity contribution is 6.12. The van der Waals surface area contributed by atoms with E-state index in [0.717, 1.165) is 6.07 Å². The molecule has 0 aliphatic rings. The molecule has 0 bridgehead atoms. The fourth-order valence-corrected chi connectivity index (χ4v) is 1.04.